The van der Waals surface area contributed by atoms with Crippen LogP contribution in [0.3, 0.4) is 0 Å². The molecular weight excluding hydrogens is 180 g/mol. The maximum Gasteiger partial charge on any atom is -0.0152 e. The van der Waals surface area contributed by atoms with Gasteiger partial charge in [-0.1, -0.05) is 54.6 Å². The fourth-order valence-electron chi connectivity index (χ4n) is 1.53. The standard InChI is InChI=1S/C15H18/c1-5-6-10-14(12(2)3)15-11-8-7-9-13(15)4/h5-11H,2H2,1,3-4H3. The van der Waals surface area contributed by atoms with Crippen molar-refractivity contribution in [3.63, 3.8) is 0 Å². The maximum absolute atomic E-state index is 4.02. The predicted molar refractivity (Wildman–Crippen MR) is 68.8 cm³/mol. The second-order valence-corrected chi connectivity index (χ2v) is 3.70. The Morgan fingerprint density at radius 3 is 2.47 bits per heavy atom. The van der Waals surface area contributed by atoms with Crippen LogP contribution in [0.5, 0.6) is 0 Å². The van der Waals surface area contributed by atoms with Gasteiger partial charge in [0.2, 0.25) is 0 Å². The van der Waals surface area contributed by atoms with Crippen LogP contribution in [-0.2, 0) is 0 Å². The Kier molecular flexibility index (Phi) is 4.11. The third-order valence-electron chi connectivity index (χ3n) is 2.35. The maximum atomic E-state index is 4.02. The third-order valence-corrected chi connectivity index (χ3v) is 2.35. The second kappa shape index (κ2) is 5.35. The summed E-state index contributed by atoms with van der Waals surface area (Å²) in [6, 6.07) is 8.39. The van der Waals surface area contributed by atoms with Gasteiger partial charge in [-0.15, -0.1) is 0 Å². The Morgan fingerprint density at radius 1 is 1.27 bits per heavy atom. The molecule has 0 aliphatic carbocycles. The first-order valence-electron chi connectivity index (χ1n) is 5.21. The molecule has 0 bridgehead atoms. The van der Waals surface area contributed by atoms with Crippen LogP contribution in [0.25, 0.3) is 5.57 Å². The molecule has 0 spiro atoms. The van der Waals surface area contributed by atoms with Gasteiger partial charge in [-0.25, -0.2) is 0 Å². The zero-order chi connectivity index (χ0) is 11.3. The molecule has 15 heavy (non-hydrogen) atoms. The number of hydrogen-bond donors (Lipinski definition) is 0. The molecule has 1 aromatic carbocycles. The molecule has 0 N–H and O–H groups in total. The number of hydrogen-bond acceptors (Lipinski definition) is 0. The van der Waals surface area contributed by atoms with Crippen LogP contribution in [0.2, 0.25) is 0 Å². The van der Waals surface area contributed by atoms with E-state index in [4.69, 9.17) is 0 Å². The summed E-state index contributed by atoms with van der Waals surface area (Å²) in [4.78, 5) is 0. The van der Waals surface area contributed by atoms with Gasteiger partial charge in [0.15, 0.2) is 0 Å². The van der Waals surface area contributed by atoms with Gasteiger partial charge in [0.25, 0.3) is 0 Å². The third kappa shape index (κ3) is 2.95. The number of aryl methyl sites for hydroxylation is 1. The lowest BCUT2D eigenvalue weighted by molar-refractivity contribution is 1.40. The molecule has 78 valence electrons. The van der Waals surface area contributed by atoms with Crippen LogP contribution in [0, 0.1) is 6.92 Å². The van der Waals surface area contributed by atoms with Crippen LogP contribution in [0.15, 0.2) is 54.6 Å². The van der Waals surface area contributed by atoms with Gasteiger partial charge in [0.05, 0.1) is 0 Å². The Hall–Kier alpha value is -1.56. The van der Waals surface area contributed by atoms with Gasteiger partial charge in [-0.3, -0.25) is 0 Å². The van der Waals surface area contributed by atoms with Crippen LogP contribution in [-0.4, -0.2) is 0 Å². The molecule has 0 saturated heterocycles. The van der Waals surface area contributed by atoms with Crippen LogP contribution in [0.4, 0.5) is 0 Å². The largest absolute Gasteiger partial charge is 0.0955 e. The number of rotatable bonds is 3. The van der Waals surface area contributed by atoms with E-state index in [2.05, 4.69) is 49.9 Å². The second-order valence-electron chi connectivity index (χ2n) is 3.70. The highest BCUT2D eigenvalue weighted by Crippen LogP contribution is 2.24. The minimum absolute atomic E-state index is 1.10. The first-order valence-corrected chi connectivity index (χ1v) is 5.21. The molecule has 0 fully saturated rings. The fraction of sp³-hybridized carbons (Fsp3) is 0.200. The van der Waals surface area contributed by atoms with E-state index < -0.39 is 0 Å². The van der Waals surface area contributed by atoms with Gasteiger partial charge in [0, 0.05) is 0 Å². The Balaban J connectivity index is 3.22. The highest BCUT2D eigenvalue weighted by Gasteiger charge is 2.03. The molecule has 0 atom stereocenters. The molecule has 0 aliphatic rings. The van der Waals surface area contributed by atoms with E-state index in [0.717, 1.165) is 5.57 Å². The van der Waals surface area contributed by atoms with Crippen molar-refractivity contribution in [1.82, 2.24) is 0 Å². The first kappa shape index (κ1) is 11.5. The molecule has 1 rings (SSSR count). The zero-order valence-electron chi connectivity index (χ0n) is 9.75. The van der Waals surface area contributed by atoms with Gasteiger partial charge in [-0.05, 0) is 37.5 Å². The molecule has 0 amide bonds. The van der Waals surface area contributed by atoms with Crippen molar-refractivity contribution < 1.29 is 0 Å². The lowest BCUT2D eigenvalue weighted by atomic mass is 9.95. The Labute approximate surface area is 92.6 Å². The molecular formula is C15H18. The Bertz CT molecular complexity index is 406. The van der Waals surface area contributed by atoms with Crippen molar-refractivity contribution in [2.24, 2.45) is 0 Å². The van der Waals surface area contributed by atoms with E-state index in [9.17, 15) is 0 Å². The molecule has 1 aromatic rings. The smallest absolute Gasteiger partial charge is 0.0152 e. The minimum Gasteiger partial charge on any atom is -0.0955 e. The molecule has 0 radical (unpaired) electrons. The lowest BCUT2D eigenvalue weighted by Crippen LogP contribution is -1.89. The van der Waals surface area contributed by atoms with Crippen LogP contribution < -0.4 is 0 Å². The average molecular weight is 198 g/mol. The van der Waals surface area contributed by atoms with E-state index in [1.165, 1.54) is 16.7 Å². The fourth-order valence-corrected chi connectivity index (χ4v) is 1.53. The van der Waals surface area contributed by atoms with Crippen molar-refractivity contribution in [3.8, 4) is 0 Å². The van der Waals surface area contributed by atoms with Crippen LogP contribution >= 0.6 is 0 Å². The monoisotopic (exact) mass is 198 g/mol. The number of allylic oxidation sites excluding steroid dienone is 5. The minimum atomic E-state index is 1.10. The zero-order valence-corrected chi connectivity index (χ0v) is 9.75. The summed E-state index contributed by atoms with van der Waals surface area (Å²) >= 11 is 0. The first-order chi connectivity index (χ1) is 7.16. The van der Waals surface area contributed by atoms with Gasteiger partial charge in [-0.2, -0.15) is 0 Å². The Morgan fingerprint density at radius 2 is 1.93 bits per heavy atom. The molecule has 0 unspecified atom stereocenters. The van der Waals surface area contributed by atoms with Crippen molar-refractivity contribution in [1.29, 1.82) is 0 Å². The van der Waals surface area contributed by atoms with Crippen molar-refractivity contribution in [2.45, 2.75) is 20.8 Å². The van der Waals surface area contributed by atoms with Gasteiger partial charge >= 0.3 is 0 Å². The molecule has 0 heteroatoms. The summed E-state index contributed by atoms with van der Waals surface area (Å²) < 4.78 is 0. The molecule has 0 heterocycles. The quantitative estimate of drug-likeness (QED) is 0.626. The summed E-state index contributed by atoms with van der Waals surface area (Å²) in [5, 5.41) is 0. The van der Waals surface area contributed by atoms with Crippen molar-refractivity contribution >= 4 is 5.57 Å². The molecule has 0 aliphatic heterocycles. The van der Waals surface area contributed by atoms with E-state index >= 15 is 0 Å². The number of benzene rings is 1. The topological polar surface area (TPSA) is 0 Å². The van der Waals surface area contributed by atoms with E-state index in [0.29, 0.717) is 0 Å². The predicted octanol–water partition coefficient (Wildman–Crippen LogP) is 4.53. The van der Waals surface area contributed by atoms with E-state index in [1.54, 1.807) is 0 Å². The highest BCUT2D eigenvalue weighted by molar-refractivity contribution is 5.80. The molecule has 0 nitrogen and oxygen atoms in total. The lowest BCUT2D eigenvalue weighted by Gasteiger charge is -2.09. The van der Waals surface area contributed by atoms with Crippen LogP contribution in [0.1, 0.15) is 25.0 Å². The van der Waals surface area contributed by atoms with Crippen molar-refractivity contribution in [3.05, 3.63) is 65.8 Å². The van der Waals surface area contributed by atoms with E-state index in [1.807, 2.05) is 19.9 Å². The average Bonchev–Trinajstić information content (AvgIpc) is 2.20. The summed E-state index contributed by atoms with van der Waals surface area (Å²) in [5.41, 5.74) is 4.87. The van der Waals surface area contributed by atoms with E-state index in [-0.39, 0.29) is 0 Å². The highest BCUT2D eigenvalue weighted by atomic mass is 14.1. The van der Waals surface area contributed by atoms with Gasteiger partial charge < -0.3 is 0 Å². The summed E-state index contributed by atoms with van der Waals surface area (Å²) in [6.45, 7) is 10.2. The summed E-state index contributed by atoms with van der Waals surface area (Å²) in [6.07, 6.45) is 6.20. The SMILES string of the molecule is C=C(C)C(=CC=CC)c1ccccc1C. The normalized spacial score (nSPS) is 12.1. The molecule has 0 aromatic heterocycles. The molecule has 0 saturated carbocycles. The summed E-state index contributed by atoms with van der Waals surface area (Å²) in [5.74, 6) is 0. The van der Waals surface area contributed by atoms with Gasteiger partial charge in [0.1, 0.15) is 0 Å². The summed E-state index contributed by atoms with van der Waals surface area (Å²) in [7, 11) is 0. The van der Waals surface area contributed by atoms with Crippen molar-refractivity contribution in [2.75, 3.05) is 0 Å².